The van der Waals surface area contributed by atoms with Crippen LogP contribution in [0.4, 0.5) is 5.69 Å². The Morgan fingerprint density at radius 2 is 2.00 bits per heavy atom. The number of nitrogens with zero attached hydrogens (tertiary/aromatic N) is 2. The Bertz CT molecular complexity index is 909. The smallest absolute Gasteiger partial charge is 0.227 e. The van der Waals surface area contributed by atoms with E-state index in [-0.39, 0.29) is 12.3 Å². The molecule has 1 heterocycles. The van der Waals surface area contributed by atoms with Gasteiger partial charge >= 0.3 is 0 Å². The standard InChI is InChI=1S/C18H15Cl2N3O2/c1-11-4-2-3-5-13(11)18-22-17(25-23-18)9-8-16(24)21-15-10-12(19)6-7-14(15)20/h2-7,10H,8-9H2,1H3,(H,21,24). The number of aryl methyl sites for hydroxylation is 2. The maximum absolute atomic E-state index is 12.1. The van der Waals surface area contributed by atoms with Gasteiger partial charge in [-0.15, -0.1) is 0 Å². The van der Waals surface area contributed by atoms with E-state index >= 15 is 0 Å². The number of anilines is 1. The first-order valence-electron chi connectivity index (χ1n) is 7.66. The number of halogens is 2. The molecule has 0 aliphatic carbocycles. The second-order valence-corrected chi connectivity index (χ2v) is 6.34. The Hall–Kier alpha value is -2.37. The van der Waals surface area contributed by atoms with Gasteiger partial charge in [-0.25, -0.2) is 0 Å². The van der Waals surface area contributed by atoms with Crippen molar-refractivity contribution >= 4 is 34.8 Å². The third-order valence-electron chi connectivity index (χ3n) is 3.62. The van der Waals surface area contributed by atoms with Crippen LogP contribution in [0.5, 0.6) is 0 Å². The topological polar surface area (TPSA) is 68.0 Å². The molecule has 1 aromatic heterocycles. The molecular formula is C18H15Cl2N3O2. The number of carbonyl (C=O) groups excluding carboxylic acids is 1. The van der Waals surface area contributed by atoms with Gasteiger partial charge < -0.3 is 9.84 Å². The van der Waals surface area contributed by atoms with Crippen LogP contribution in [0, 0.1) is 6.92 Å². The largest absolute Gasteiger partial charge is 0.339 e. The number of amides is 1. The van der Waals surface area contributed by atoms with Crippen molar-refractivity contribution in [3.63, 3.8) is 0 Å². The summed E-state index contributed by atoms with van der Waals surface area (Å²) in [5, 5.41) is 7.63. The van der Waals surface area contributed by atoms with Gasteiger partial charge in [0, 0.05) is 23.4 Å². The van der Waals surface area contributed by atoms with E-state index in [2.05, 4.69) is 15.5 Å². The fraction of sp³-hybridized carbons (Fsp3) is 0.167. The molecule has 0 fully saturated rings. The van der Waals surface area contributed by atoms with Gasteiger partial charge in [0.15, 0.2) is 0 Å². The molecule has 2 aromatic carbocycles. The molecule has 1 amide bonds. The number of aromatic nitrogens is 2. The monoisotopic (exact) mass is 375 g/mol. The van der Waals surface area contributed by atoms with E-state index < -0.39 is 0 Å². The Labute approximate surface area is 155 Å². The molecule has 0 spiro atoms. The van der Waals surface area contributed by atoms with Crippen LogP contribution in [0.2, 0.25) is 10.0 Å². The average Bonchev–Trinajstić information content (AvgIpc) is 3.05. The summed E-state index contributed by atoms with van der Waals surface area (Å²) in [5.74, 6) is 0.719. The minimum atomic E-state index is -0.209. The first-order chi connectivity index (χ1) is 12.0. The molecule has 0 aliphatic heterocycles. The number of hydrogen-bond donors (Lipinski definition) is 1. The van der Waals surface area contributed by atoms with Crippen molar-refractivity contribution in [2.24, 2.45) is 0 Å². The van der Waals surface area contributed by atoms with Gasteiger partial charge in [-0.1, -0.05) is 52.6 Å². The second kappa shape index (κ2) is 7.68. The molecule has 0 radical (unpaired) electrons. The van der Waals surface area contributed by atoms with Crippen LogP contribution < -0.4 is 5.32 Å². The van der Waals surface area contributed by atoms with Crippen LogP contribution in [0.25, 0.3) is 11.4 Å². The van der Waals surface area contributed by atoms with Gasteiger partial charge in [-0.05, 0) is 30.7 Å². The molecule has 0 unspecified atom stereocenters. The number of rotatable bonds is 5. The predicted octanol–water partition coefficient (Wildman–Crippen LogP) is 4.92. The van der Waals surface area contributed by atoms with Gasteiger partial charge in [-0.2, -0.15) is 4.98 Å². The number of nitrogens with one attached hydrogen (secondary N) is 1. The zero-order valence-corrected chi connectivity index (χ0v) is 14.9. The van der Waals surface area contributed by atoms with E-state index in [1.807, 2.05) is 31.2 Å². The zero-order valence-electron chi connectivity index (χ0n) is 13.4. The average molecular weight is 376 g/mol. The molecule has 0 atom stereocenters. The summed E-state index contributed by atoms with van der Waals surface area (Å²) < 4.78 is 5.23. The van der Waals surface area contributed by atoms with Gasteiger partial charge in [0.25, 0.3) is 0 Å². The molecule has 0 bridgehead atoms. The first-order valence-corrected chi connectivity index (χ1v) is 8.42. The Balaban J connectivity index is 1.61. The summed E-state index contributed by atoms with van der Waals surface area (Å²) in [7, 11) is 0. The summed E-state index contributed by atoms with van der Waals surface area (Å²) in [5.41, 5.74) is 2.45. The van der Waals surface area contributed by atoms with E-state index in [0.717, 1.165) is 11.1 Å². The van der Waals surface area contributed by atoms with Crippen LogP contribution in [0.3, 0.4) is 0 Å². The van der Waals surface area contributed by atoms with Gasteiger partial charge in [0.1, 0.15) is 0 Å². The van der Waals surface area contributed by atoms with Gasteiger partial charge in [0.05, 0.1) is 10.7 Å². The molecule has 128 valence electrons. The van der Waals surface area contributed by atoms with E-state index in [1.165, 1.54) is 0 Å². The number of carbonyl (C=O) groups is 1. The lowest BCUT2D eigenvalue weighted by Gasteiger charge is -2.06. The van der Waals surface area contributed by atoms with E-state index in [0.29, 0.717) is 33.9 Å². The highest BCUT2D eigenvalue weighted by Crippen LogP contribution is 2.25. The van der Waals surface area contributed by atoms with Crippen molar-refractivity contribution in [1.82, 2.24) is 10.1 Å². The molecule has 7 heteroatoms. The number of benzene rings is 2. The van der Waals surface area contributed by atoms with Crippen molar-refractivity contribution in [3.05, 3.63) is 64.0 Å². The molecule has 1 N–H and O–H groups in total. The summed E-state index contributed by atoms with van der Waals surface area (Å²) in [6.45, 7) is 1.98. The molecule has 0 aliphatic rings. The predicted molar refractivity (Wildman–Crippen MR) is 97.9 cm³/mol. The fourth-order valence-electron chi connectivity index (χ4n) is 2.32. The first kappa shape index (κ1) is 17.5. The SMILES string of the molecule is Cc1ccccc1-c1noc(CCC(=O)Nc2cc(Cl)ccc2Cl)n1. The fourth-order valence-corrected chi connectivity index (χ4v) is 2.65. The van der Waals surface area contributed by atoms with Gasteiger partial charge in [-0.3, -0.25) is 4.79 Å². The maximum Gasteiger partial charge on any atom is 0.227 e. The van der Waals surface area contributed by atoms with E-state index in [4.69, 9.17) is 27.7 Å². The van der Waals surface area contributed by atoms with Crippen LogP contribution >= 0.6 is 23.2 Å². The maximum atomic E-state index is 12.1. The quantitative estimate of drug-likeness (QED) is 0.686. The van der Waals surface area contributed by atoms with Crippen LogP contribution in [0.15, 0.2) is 47.0 Å². The third-order valence-corrected chi connectivity index (χ3v) is 4.19. The summed E-state index contributed by atoms with van der Waals surface area (Å²) in [6, 6.07) is 12.7. The molecule has 25 heavy (non-hydrogen) atoms. The van der Waals surface area contributed by atoms with E-state index in [9.17, 15) is 4.79 Å². The van der Waals surface area contributed by atoms with Crippen molar-refractivity contribution in [1.29, 1.82) is 0 Å². The minimum Gasteiger partial charge on any atom is -0.339 e. The van der Waals surface area contributed by atoms with Crippen LogP contribution in [-0.2, 0) is 11.2 Å². The van der Waals surface area contributed by atoms with Crippen molar-refractivity contribution < 1.29 is 9.32 Å². The minimum absolute atomic E-state index is 0.193. The molecule has 3 aromatic rings. The summed E-state index contributed by atoms with van der Waals surface area (Å²) in [6.07, 6.45) is 0.529. The number of hydrogen-bond acceptors (Lipinski definition) is 4. The zero-order chi connectivity index (χ0) is 17.8. The molecule has 3 rings (SSSR count). The Kier molecular flexibility index (Phi) is 5.36. The second-order valence-electron chi connectivity index (χ2n) is 5.50. The van der Waals surface area contributed by atoms with Gasteiger partial charge in [0.2, 0.25) is 17.6 Å². The van der Waals surface area contributed by atoms with E-state index in [1.54, 1.807) is 18.2 Å². The summed E-state index contributed by atoms with van der Waals surface area (Å²) >= 11 is 11.9. The van der Waals surface area contributed by atoms with Crippen molar-refractivity contribution in [2.45, 2.75) is 19.8 Å². The van der Waals surface area contributed by atoms with Crippen molar-refractivity contribution in [3.8, 4) is 11.4 Å². The Morgan fingerprint density at radius 1 is 1.20 bits per heavy atom. The Morgan fingerprint density at radius 3 is 2.80 bits per heavy atom. The highest BCUT2D eigenvalue weighted by Gasteiger charge is 2.13. The highest BCUT2D eigenvalue weighted by atomic mass is 35.5. The van der Waals surface area contributed by atoms with Crippen LogP contribution in [-0.4, -0.2) is 16.0 Å². The lowest BCUT2D eigenvalue weighted by molar-refractivity contribution is -0.116. The lowest BCUT2D eigenvalue weighted by atomic mass is 10.1. The molecular weight excluding hydrogens is 361 g/mol. The van der Waals surface area contributed by atoms with Crippen LogP contribution in [0.1, 0.15) is 17.9 Å². The normalized spacial score (nSPS) is 10.7. The highest BCUT2D eigenvalue weighted by molar-refractivity contribution is 6.35. The third kappa shape index (κ3) is 4.38. The lowest BCUT2D eigenvalue weighted by Crippen LogP contribution is -2.12. The summed E-state index contributed by atoms with van der Waals surface area (Å²) in [4.78, 5) is 16.4. The molecule has 0 saturated heterocycles. The molecule has 5 nitrogen and oxygen atoms in total. The van der Waals surface area contributed by atoms with Crippen molar-refractivity contribution in [2.75, 3.05) is 5.32 Å². The molecule has 0 saturated carbocycles.